The molecule has 0 aliphatic rings. The lowest BCUT2D eigenvalue weighted by Gasteiger charge is -2.44. The van der Waals surface area contributed by atoms with Crippen LogP contribution >= 0.6 is 0 Å². The summed E-state index contributed by atoms with van der Waals surface area (Å²) in [6, 6.07) is 0. The molecule has 0 rings (SSSR count). The topological polar surface area (TPSA) is 38.7 Å². The standard InChI is InChI=1S/C24H52O3Si3/c1-19(18-26-29(12,13)23(3,4)5)22(27-30(14,15)24(6,7)8)20(2)21(25)16-17-28(9,10)11/h19-22,25H,18H2,1-15H3/t19-,20+,21-,22+/m1/s1. The molecule has 0 unspecified atom stereocenters. The van der Waals surface area contributed by atoms with Gasteiger partial charge in [0.1, 0.15) is 14.2 Å². The van der Waals surface area contributed by atoms with E-state index < -0.39 is 30.8 Å². The fourth-order valence-corrected chi connectivity index (χ4v) is 5.69. The van der Waals surface area contributed by atoms with E-state index in [9.17, 15) is 5.11 Å². The maximum absolute atomic E-state index is 10.9. The van der Waals surface area contributed by atoms with Gasteiger partial charge >= 0.3 is 0 Å². The quantitative estimate of drug-likeness (QED) is 0.308. The molecule has 0 amide bonds. The number of aliphatic hydroxyl groups excluding tert-OH is 1. The first-order valence-electron chi connectivity index (χ1n) is 11.5. The van der Waals surface area contributed by atoms with Crippen molar-refractivity contribution in [3.63, 3.8) is 0 Å². The Morgan fingerprint density at radius 2 is 1.23 bits per heavy atom. The van der Waals surface area contributed by atoms with E-state index in [1.807, 2.05) is 0 Å². The van der Waals surface area contributed by atoms with Crippen LogP contribution in [0.25, 0.3) is 0 Å². The third-order valence-corrected chi connectivity index (χ3v) is 16.8. The first-order valence-corrected chi connectivity index (χ1v) is 20.9. The first kappa shape index (κ1) is 30.1. The summed E-state index contributed by atoms with van der Waals surface area (Å²) in [5, 5.41) is 11.2. The van der Waals surface area contributed by atoms with Crippen LogP contribution in [0.4, 0.5) is 0 Å². The van der Waals surface area contributed by atoms with Crippen LogP contribution in [-0.4, -0.2) is 48.6 Å². The van der Waals surface area contributed by atoms with Gasteiger partial charge in [0.15, 0.2) is 16.6 Å². The monoisotopic (exact) mass is 472 g/mol. The van der Waals surface area contributed by atoms with E-state index in [-0.39, 0.29) is 28.0 Å². The lowest BCUT2D eigenvalue weighted by molar-refractivity contribution is 0.00828. The van der Waals surface area contributed by atoms with E-state index in [1.54, 1.807) is 0 Å². The Labute approximate surface area is 192 Å². The van der Waals surface area contributed by atoms with Crippen molar-refractivity contribution >= 4 is 24.7 Å². The summed E-state index contributed by atoms with van der Waals surface area (Å²) in [6.45, 7) is 34.3. The van der Waals surface area contributed by atoms with Crippen molar-refractivity contribution in [2.45, 2.75) is 124 Å². The summed E-state index contributed by atoms with van der Waals surface area (Å²) >= 11 is 0. The second kappa shape index (κ2) is 10.4. The summed E-state index contributed by atoms with van der Waals surface area (Å²) in [6.07, 6.45) is -0.761. The van der Waals surface area contributed by atoms with Crippen LogP contribution in [0, 0.1) is 23.3 Å². The van der Waals surface area contributed by atoms with Gasteiger partial charge in [-0.25, -0.2) is 0 Å². The van der Waals surface area contributed by atoms with E-state index in [0.29, 0.717) is 6.61 Å². The van der Waals surface area contributed by atoms with Crippen molar-refractivity contribution < 1.29 is 14.0 Å². The van der Waals surface area contributed by atoms with Crippen molar-refractivity contribution in [1.29, 1.82) is 0 Å². The third kappa shape index (κ3) is 9.30. The van der Waals surface area contributed by atoms with Gasteiger partial charge < -0.3 is 14.0 Å². The molecule has 0 aliphatic carbocycles. The summed E-state index contributed by atoms with van der Waals surface area (Å²) in [4.78, 5) is 0. The molecule has 0 spiro atoms. The molecule has 0 bridgehead atoms. The number of rotatable bonds is 8. The molecule has 0 saturated heterocycles. The van der Waals surface area contributed by atoms with Crippen LogP contribution in [0.3, 0.4) is 0 Å². The number of hydrogen-bond donors (Lipinski definition) is 1. The average Bonchev–Trinajstić information content (AvgIpc) is 2.52. The first-order chi connectivity index (χ1) is 13.0. The average molecular weight is 473 g/mol. The highest BCUT2D eigenvalue weighted by Gasteiger charge is 2.43. The van der Waals surface area contributed by atoms with Crippen molar-refractivity contribution in [3.8, 4) is 11.5 Å². The van der Waals surface area contributed by atoms with E-state index in [0.717, 1.165) is 0 Å². The highest BCUT2D eigenvalue weighted by atomic mass is 28.4. The van der Waals surface area contributed by atoms with Gasteiger partial charge in [0, 0.05) is 18.4 Å². The van der Waals surface area contributed by atoms with Gasteiger partial charge in [-0.3, -0.25) is 0 Å². The van der Waals surface area contributed by atoms with Gasteiger partial charge in [0.05, 0.1) is 6.10 Å². The summed E-state index contributed by atoms with van der Waals surface area (Å²) in [5.41, 5.74) is 3.34. The van der Waals surface area contributed by atoms with Crippen molar-refractivity contribution in [2.24, 2.45) is 11.8 Å². The molecule has 6 heteroatoms. The normalized spacial score (nSPS) is 18.3. The highest BCUT2D eigenvalue weighted by Crippen LogP contribution is 2.40. The van der Waals surface area contributed by atoms with Crippen molar-refractivity contribution in [1.82, 2.24) is 0 Å². The molecule has 0 fully saturated rings. The zero-order valence-corrected chi connectivity index (χ0v) is 25.8. The van der Waals surface area contributed by atoms with Gasteiger partial charge in [-0.1, -0.05) is 81.0 Å². The Balaban J connectivity index is 5.75. The zero-order chi connectivity index (χ0) is 24.3. The molecule has 0 radical (unpaired) electrons. The SMILES string of the molecule is C[C@H]([C@@H](O[Si](C)(C)C(C)(C)C)[C@H](C)CO[Si](C)(C)C(C)(C)C)[C@H](O)C#C[Si](C)(C)C. The zero-order valence-electron chi connectivity index (χ0n) is 22.8. The molecule has 0 heterocycles. The van der Waals surface area contributed by atoms with Gasteiger partial charge in [-0.15, -0.1) is 5.54 Å². The highest BCUT2D eigenvalue weighted by molar-refractivity contribution is 6.83. The van der Waals surface area contributed by atoms with Crippen LogP contribution in [0.2, 0.25) is 55.9 Å². The molecule has 0 saturated carbocycles. The maximum Gasteiger partial charge on any atom is 0.192 e. The van der Waals surface area contributed by atoms with E-state index in [4.69, 9.17) is 8.85 Å². The van der Waals surface area contributed by atoms with Crippen LogP contribution in [-0.2, 0) is 8.85 Å². The smallest absolute Gasteiger partial charge is 0.192 e. The Morgan fingerprint density at radius 3 is 1.60 bits per heavy atom. The Hall–Kier alpha value is 0.0906. The lowest BCUT2D eigenvalue weighted by Crippen LogP contribution is -2.50. The fraction of sp³-hybridized carbons (Fsp3) is 0.917. The molecule has 178 valence electrons. The van der Waals surface area contributed by atoms with E-state index in [2.05, 4.69) is 113 Å². The predicted molar refractivity (Wildman–Crippen MR) is 141 cm³/mol. The minimum Gasteiger partial charge on any atom is -0.416 e. The Bertz CT molecular complexity index is 598. The van der Waals surface area contributed by atoms with E-state index in [1.165, 1.54) is 0 Å². The predicted octanol–water partition coefficient (Wildman–Crippen LogP) is 6.91. The summed E-state index contributed by atoms with van der Waals surface area (Å²) in [5.74, 6) is 3.27. The van der Waals surface area contributed by atoms with Crippen molar-refractivity contribution in [2.75, 3.05) is 6.61 Å². The molecule has 1 N–H and O–H groups in total. The minimum atomic E-state index is -2.01. The lowest BCUT2D eigenvalue weighted by atomic mass is 9.90. The molecular weight excluding hydrogens is 421 g/mol. The molecule has 0 aromatic carbocycles. The van der Waals surface area contributed by atoms with Crippen LogP contribution < -0.4 is 0 Å². The van der Waals surface area contributed by atoms with Crippen LogP contribution in [0.5, 0.6) is 0 Å². The number of aliphatic hydroxyl groups is 1. The molecule has 4 atom stereocenters. The fourth-order valence-electron chi connectivity index (χ4n) is 2.51. The minimum absolute atomic E-state index is 0.0685. The molecule has 0 aliphatic heterocycles. The molecular formula is C24H52O3Si3. The van der Waals surface area contributed by atoms with Gasteiger partial charge in [-0.2, -0.15) is 0 Å². The van der Waals surface area contributed by atoms with E-state index >= 15 is 0 Å². The van der Waals surface area contributed by atoms with Crippen molar-refractivity contribution in [3.05, 3.63) is 0 Å². The Kier molecular flexibility index (Phi) is 10.4. The second-order valence-corrected chi connectivity index (χ2v) is 27.5. The second-order valence-electron chi connectivity index (χ2n) is 13.2. The van der Waals surface area contributed by atoms with Gasteiger partial charge in [0.25, 0.3) is 0 Å². The molecule has 30 heavy (non-hydrogen) atoms. The third-order valence-electron chi connectivity index (χ3n) is 6.92. The summed E-state index contributed by atoms with van der Waals surface area (Å²) in [7, 11) is -5.38. The number of hydrogen-bond acceptors (Lipinski definition) is 3. The van der Waals surface area contributed by atoms with Gasteiger partial charge in [0.2, 0.25) is 0 Å². The summed E-state index contributed by atoms with van der Waals surface area (Å²) < 4.78 is 13.4. The molecule has 3 nitrogen and oxygen atoms in total. The van der Waals surface area contributed by atoms with Crippen LogP contribution in [0.15, 0.2) is 0 Å². The molecule has 0 aromatic rings. The largest absolute Gasteiger partial charge is 0.416 e. The van der Waals surface area contributed by atoms with Crippen LogP contribution in [0.1, 0.15) is 55.4 Å². The maximum atomic E-state index is 10.9. The Morgan fingerprint density at radius 1 is 0.800 bits per heavy atom. The van der Waals surface area contributed by atoms with Gasteiger partial charge in [-0.05, 0) is 36.3 Å². The molecule has 0 aromatic heterocycles.